The average molecular weight is 233 g/mol. The van der Waals surface area contributed by atoms with Crippen molar-refractivity contribution in [2.45, 2.75) is 19.5 Å². The van der Waals surface area contributed by atoms with Gasteiger partial charge in [-0.15, -0.1) is 11.3 Å². The molecule has 4 heteroatoms. The Kier molecular flexibility index (Phi) is 4.89. The summed E-state index contributed by atoms with van der Waals surface area (Å²) in [6.07, 6.45) is 0. The zero-order chi connectivity index (χ0) is 10.6. The van der Waals surface area contributed by atoms with E-state index in [2.05, 4.69) is 30.3 Å². The van der Waals surface area contributed by atoms with E-state index in [-0.39, 0.29) is 0 Å². The van der Waals surface area contributed by atoms with Gasteiger partial charge in [0.1, 0.15) is 0 Å². The molecule has 0 amide bonds. The van der Waals surface area contributed by atoms with Gasteiger partial charge in [-0.2, -0.15) is 0 Å². The van der Waals surface area contributed by atoms with Crippen molar-refractivity contribution in [2.75, 3.05) is 20.6 Å². The first-order chi connectivity index (χ1) is 6.61. The van der Waals surface area contributed by atoms with E-state index in [9.17, 15) is 0 Å². The summed E-state index contributed by atoms with van der Waals surface area (Å²) in [5.74, 6) is 0. The maximum atomic E-state index is 5.86. The Bertz CT molecular complexity index is 275. The number of nitrogens with zero attached hydrogens (tertiary/aromatic N) is 1. The number of hydrogen-bond donors (Lipinski definition) is 1. The molecule has 0 saturated heterocycles. The molecule has 0 saturated carbocycles. The van der Waals surface area contributed by atoms with Gasteiger partial charge in [0.15, 0.2) is 0 Å². The molecule has 1 aromatic rings. The summed E-state index contributed by atoms with van der Waals surface area (Å²) in [5, 5.41) is 3.22. The van der Waals surface area contributed by atoms with Crippen LogP contribution in [0.25, 0.3) is 0 Å². The summed E-state index contributed by atoms with van der Waals surface area (Å²) in [5.41, 5.74) is 0. The molecule has 0 aliphatic carbocycles. The number of hydrogen-bond acceptors (Lipinski definition) is 3. The van der Waals surface area contributed by atoms with E-state index in [0.29, 0.717) is 6.04 Å². The van der Waals surface area contributed by atoms with Crippen molar-refractivity contribution < 1.29 is 0 Å². The van der Waals surface area contributed by atoms with Crippen molar-refractivity contribution in [1.82, 2.24) is 10.2 Å². The highest BCUT2D eigenvalue weighted by molar-refractivity contribution is 7.16. The third-order valence-corrected chi connectivity index (χ3v) is 3.35. The van der Waals surface area contributed by atoms with Gasteiger partial charge < -0.3 is 5.32 Å². The van der Waals surface area contributed by atoms with Gasteiger partial charge in [-0.3, -0.25) is 4.90 Å². The maximum absolute atomic E-state index is 5.86. The SMILES string of the molecule is CNC(C)CN(C)Cc1ccc(Cl)s1. The van der Waals surface area contributed by atoms with E-state index >= 15 is 0 Å². The summed E-state index contributed by atoms with van der Waals surface area (Å²) in [7, 11) is 4.11. The first kappa shape index (κ1) is 12.0. The highest BCUT2D eigenvalue weighted by Crippen LogP contribution is 2.22. The van der Waals surface area contributed by atoms with Crippen molar-refractivity contribution in [3.05, 3.63) is 21.3 Å². The van der Waals surface area contributed by atoms with Crippen molar-refractivity contribution in [2.24, 2.45) is 0 Å². The number of nitrogens with one attached hydrogen (secondary N) is 1. The predicted octanol–water partition coefficient (Wildman–Crippen LogP) is 2.44. The Balaban J connectivity index is 2.37. The van der Waals surface area contributed by atoms with Crippen LogP contribution >= 0.6 is 22.9 Å². The molecule has 0 aliphatic heterocycles. The zero-order valence-corrected chi connectivity index (χ0v) is 10.5. The third kappa shape index (κ3) is 3.96. The molecule has 1 rings (SSSR count). The molecule has 1 heterocycles. The van der Waals surface area contributed by atoms with Gasteiger partial charge in [0.05, 0.1) is 4.34 Å². The molecule has 2 nitrogen and oxygen atoms in total. The normalized spacial score (nSPS) is 13.5. The standard InChI is InChI=1S/C10H17ClN2S/c1-8(12-2)6-13(3)7-9-4-5-10(11)14-9/h4-5,8,12H,6-7H2,1-3H3. The van der Waals surface area contributed by atoms with Crippen LogP contribution in [0, 0.1) is 0 Å². The lowest BCUT2D eigenvalue weighted by Crippen LogP contribution is -2.34. The molecule has 1 unspecified atom stereocenters. The third-order valence-electron chi connectivity index (χ3n) is 2.13. The zero-order valence-electron chi connectivity index (χ0n) is 8.88. The number of rotatable bonds is 5. The van der Waals surface area contributed by atoms with Crippen LogP contribution in [0.15, 0.2) is 12.1 Å². The minimum atomic E-state index is 0.524. The molecule has 0 aromatic carbocycles. The second kappa shape index (κ2) is 5.71. The van der Waals surface area contributed by atoms with Gasteiger partial charge in [-0.05, 0) is 33.2 Å². The van der Waals surface area contributed by atoms with E-state index in [1.807, 2.05) is 13.1 Å². The molecule has 0 aliphatic rings. The molecule has 1 aromatic heterocycles. The van der Waals surface area contributed by atoms with Gasteiger partial charge in [0.2, 0.25) is 0 Å². The second-order valence-corrected chi connectivity index (χ2v) is 5.39. The van der Waals surface area contributed by atoms with E-state index in [1.54, 1.807) is 11.3 Å². The summed E-state index contributed by atoms with van der Waals surface area (Å²) < 4.78 is 0.870. The van der Waals surface area contributed by atoms with Gasteiger partial charge in [-0.25, -0.2) is 0 Å². The van der Waals surface area contributed by atoms with Gasteiger partial charge in [0, 0.05) is 24.0 Å². The summed E-state index contributed by atoms with van der Waals surface area (Å²) >= 11 is 7.52. The Morgan fingerprint density at radius 1 is 1.57 bits per heavy atom. The number of thiophene rings is 1. The lowest BCUT2D eigenvalue weighted by molar-refractivity contribution is 0.298. The molecule has 1 atom stereocenters. The molecule has 0 spiro atoms. The minimum absolute atomic E-state index is 0.524. The Morgan fingerprint density at radius 2 is 2.29 bits per heavy atom. The topological polar surface area (TPSA) is 15.3 Å². The van der Waals surface area contributed by atoms with Crippen LogP contribution in [0.2, 0.25) is 4.34 Å². The van der Waals surface area contributed by atoms with Gasteiger partial charge >= 0.3 is 0 Å². The van der Waals surface area contributed by atoms with E-state index in [0.717, 1.165) is 17.4 Å². The largest absolute Gasteiger partial charge is 0.316 e. The summed E-state index contributed by atoms with van der Waals surface area (Å²) in [6.45, 7) is 4.20. The molecule has 14 heavy (non-hydrogen) atoms. The second-order valence-electron chi connectivity index (χ2n) is 3.59. The average Bonchev–Trinajstić information content (AvgIpc) is 2.50. The van der Waals surface area contributed by atoms with Crippen molar-refractivity contribution in [3.8, 4) is 0 Å². The molecular formula is C10H17ClN2S. The molecule has 80 valence electrons. The smallest absolute Gasteiger partial charge is 0.0931 e. The Hall–Kier alpha value is -0.0900. The minimum Gasteiger partial charge on any atom is -0.316 e. The lowest BCUT2D eigenvalue weighted by atomic mass is 10.3. The number of likely N-dealkylation sites (N-methyl/N-ethyl adjacent to an activating group) is 2. The van der Waals surface area contributed by atoms with Crippen LogP contribution in [-0.4, -0.2) is 31.6 Å². The molecule has 0 radical (unpaired) electrons. The molecular weight excluding hydrogens is 216 g/mol. The number of halogens is 1. The summed E-state index contributed by atoms with van der Waals surface area (Å²) in [6, 6.07) is 4.57. The maximum Gasteiger partial charge on any atom is 0.0931 e. The Labute approximate surface area is 94.9 Å². The molecule has 0 bridgehead atoms. The quantitative estimate of drug-likeness (QED) is 0.839. The van der Waals surface area contributed by atoms with Crippen molar-refractivity contribution in [3.63, 3.8) is 0 Å². The molecule has 1 N–H and O–H groups in total. The van der Waals surface area contributed by atoms with E-state index in [4.69, 9.17) is 11.6 Å². The van der Waals surface area contributed by atoms with Crippen LogP contribution in [-0.2, 0) is 6.54 Å². The summed E-state index contributed by atoms with van der Waals surface area (Å²) in [4.78, 5) is 3.62. The van der Waals surface area contributed by atoms with Gasteiger partial charge in [0.25, 0.3) is 0 Å². The lowest BCUT2D eigenvalue weighted by Gasteiger charge is -2.20. The van der Waals surface area contributed by atoms with Crippen LogP contribution in [0.4, 0.5) is 0 Å². The first-order valence-corrected chi connectivity index (χ1v) is 5.91. The predicted molar refractivity (Wildman–Crippen MR) is 64.2 cm³/mol. The van der Waals surface area contributed by atoms with Crippen molar-refractivity contribution in [1.29, 1.82) is 0 Å². The monoisotopic (exact) mass is 232 g/mol. The first-order valence-electron chi connectivity index (χ1n) is 4.72. The molecule has 0 fully saturated rings. The highest BCUT2D eigenvalue weighted by Gasteiger charge is 2.06. The van der Waals surface area contributed by atoms with E-state index < -0.39 is 0 Å². The highest BCUT2D eigenvalue weighted by atomic mass is 35.5. The fourth-order valence-corrected chi connectivity index (χ4v) is 2.49. The van der Waals surface area contributed by atoms with Gasteiger partial charge in [-0.1, -0.05) is 11.6 Å². The fraction of sp³-hybridized carbons (Fsp3) is 0.600. The van der Waals surface area contributed by atoms with E-state index in [1.165, 1.54) is 4.88 Å². The fourth-order valence-electron chi connectivity index (χ4n) is 1.33. The Morgan fingerprint density at radius 3 is 2.79 bits per heavy atom. The van der Waals surface area contributed by atoms with Crippen molar-refractivity contribution >= 4 is 22.9 Å². The van der Waals surface area contributed by atoms with Crippen LogP contribution in [0.5, 0.6) is 0 Å². The van der Waals surface area contributed by atoms with Crippen LogP contribution < -0.4 is 5.32 Å². The van der Waals surface area contributed by atoms with Crippen LogP contribution in [0.1, 0.15) is 11.8 Å². The van der Waals surface area contributed by atoms with Crippen LogP contribution in [0.3, 0.4) is 0 Å².